The van der Waals surface area contributed by atoms with Gasteiger partial charge in [0.2, 0.25) is 5.91 Å². The number of rotatable bonds is 1. The van der Waals surface area contributed by atoms with Crippen molar-refractivity contribution >= 4 is 5.91 Å². The third kappa shape index (κ3) is 1.36. The first-order valence-corrected chi connectivity index (χ1v) is 7.33. The molecule has 4 aliphatic rings. The lowest BCUT2D eigenvalue weighted by Crippen LogP contribution is -2.39. The molecule has 3 fully saturated rings. The fraction of sp³-hybridized carbons (Fsp3) is 0.800. The molecule has 17 heavy (non-hydrogen) atoms. The molecule has 3 aliphatic carbocycles. The van der Waals surface area contributed by atoms with Gasteiger partial charge in [-0.15, -0.1) is 0 Å². The Balaban J connectivity index is 1.55. The predicted molar refractivity (Wildman–Crippen MR) is 66.3 cm³/mol. The molecule has 92 valence electrons. The molecule has 1 heterocycles. The van der Waals surface area contributed by atoms with E-state index >= 15 is 0 Å². The maximum atomic E-state index is 12.6. The van der Waals surface area contributed by atoms with E-state index in [1.807, 2.05) is 0 Å². The van der Waals surface area contributed by atoms with E-state index in [0.29, 0.717) is 29.7 Å². The maximum absolute atomic E-state index is 12.6. The first-order valence-electron chi connectivity index (χ1n) is 7.33. The van der Waals surface area contributed by atoms with Gasteiger partial charge in [0.1, 0.15) is 0 Å². The maximum Gasteiger partial charge on any atom is 0.226 e. The number of nitrogens with zero attached hydrogens (tertiary/aromatic N) is 1. The van der Waals surface area contributed by atoms with Crippen molar-refractivity contribution in [2.24, 2.45) is 23.7 Å². The summed E-state index contributed by atoms with van der Waals surface area (Å²) in [6.45, 7) is 1.07. The van der Waals surface area contributed by atoms with Gasteiger partial charge in [-0.25, -0.2) is 0 Å². The Morgan fingerprint density at radius 2 is 1.82 bits per heavy atom. The van der Waals surface area contributed by atoms with Gasteiger partial charge in [0, 0.05) is 18.5 Å². The van der Waals surface area contributed by atoms with Crippen LogP contribution in [0.2, 0.25) is 0 Å². The average molecular weight is 231 g/mol. The standard InChI is InChI=1S/C15H21NO/c17-15-14-11-7-6-10(8-11)13(14)9-16(15)12-4-2-1-3-5-12/h6-7,10-14H,1-5,8-9H2. The second kappa shape index (κ2) is 3.60. The zero-order valence-electron chi connectivity index (χ0n) is 10.3. The lowest BCUT2D eigenvalue weighted by Gasteiger charge is -2.32. The molecule has 0 aromatic heterocycles. The first-order chi connectivity index (χ1) is 8.34. The Morgan fingerprint density at radius 1 is 1.06 bits per heavy atom. The molecule has 1 amide bonds. The smallest absolute Gasteiger partial charge is 0.226 e. The molecule has 1 aliphatic heterocycles. The highest BCUT2D eigenvalue weighted by atomic mass is 16.2. The summed E-state index contributed by atoms with van der Waals surface area (Å²) in [7, 11) is 0. The predicted octanol–water partition coefficient (Wildman–Crippen LogP) is 2.60. The van der Waals surface area contributed by atoms with Crippen LogP contribution in [0, 0.1) is 23.7 Å². The van der Waals surface area contributed by atoms with Crippen molar-refractivity contribution in [1.82, 2.24) is 4.90 Å². The van der Waals surface area contributed by atoms with Gasteiger partial charge in [-0.3, -0.25) is 4.79 Å². The Hall–Kier alpha value is -0.790. The second-order valence-electron chi connectivity index (χ2n) is 6.42. The minimum absolute atomic E-state index is 0.368. The molecule has 0 spiro atoms. The minimum Gasteiger partial charge on any atom is -0.339 e. The van der Waals surface area contributed by atoms with Gasteiger partial charge in [0.05, 0.1) is 0 Å². The van der Waals surface area contributed by atoms with E-state index in [1.54, 1.807) is 0 Å². The molecule has 2 bridgehead atoms. The van der Waals surface area contributed by atoms with Gasteiger partial charge in [-0.2, -0.15) is 0 Å². The van der Waals surface area contributed by atoms with Crippen molar-refractivity contribution in [2.75, 3.05) is 6.54 Å². The first kappa shape index (κ1) is 10.2. The summed E-state index contributed by atoms with van der Waals surface area (Å²) < 4.78 is 0. The van der Waals surface area contributed by atoms with Gasteiger partial charge < -0.3 is 4.90 Å². The number of carbonyl (C=O) groups is 1. The largest absolute Gasteiger partial charge is 0.339 e. The second-order valence-corrected chi connectivity index (χ2v) is 6.42. The van der Waals surface area contributed by atoms with E-state index in [2.05, 4.69) is 17.1 Å². The molecule has 4 unspecified atom stereocenters. The molecule has 0 aromatic carbocycles. The van der Waals surface area contributed by atoms with Crippen LogP contribution in [0.4, 0.5) is 0 Å². The van der Waals surface area contributed by atoms with E-state index in [4.69, 9.17) is 0 Å². The molecule has 0 radical (unpaired) electrons. The van der Waals surface area contributed by atoms with Crippen LogP contribution in [-0.2, 0) is 4.79 Å². The Labute approximate surface area is 103 Å². The Kier molecular flexibility index (Phi) is 2.15. The fourth-order valence-corrected chi connectivity index (χ4v) is 4.77. The molecule has 4 atom stereocenters. The van der Waals surface area contributed by atoms with Crippen molar-refractivity contribution in [3.63, 3.8) is 0 Å². The molecule has 2 heteroatoms. The van der Waals surface area contributed by atoms with Crippen molar-refractivity contribution < 1.29 is 4.79 Å². The SMILES string of the molecule is O=C1C2C3C=CC(C3)C2CN1C1CCCCC1. The molecular weight excluding hydrogens is 210 g/mol. The third-order valence-electron chi connectivity index (χ3n) is 5.61. The highest BCUT2D eigenvalue weighted by molar-refractivity contribution is 5.83. The van der Waals surface area contributed by atoms with E-state index in [9.17, 15) is 4.79 Å². The normalized spacial score (nSPS) is 44.7. The number of likely N-dealkylation sites (tertiary alicyclic amines) is 1. The van der Waals surface area contributed by atoms with Crippen LogP contribution in [0.25, 0.3) is 0 Å². The van der Waals surface area contributed by atoms with Crippen LogP contribution in [0.1, 0.15) is 38.5 Å². The topological polar surface area (TPSA) is 20.3 Å². The molecule has 0 N–H and O–H groups in total. The molecule has 1 saturated heterocycles. The minimum atomic E-state index is 0.368. The Morgan fingerprint density at radius 3 is 2.59 bits per heavy atom. The van der Waals surface area contributed by atoms with Crippen molar-refractivity contribution in [2.45, 2.75) is 44.6 Å². The monoisotopic (exact) mass is 231 g/mol. The molecule has 2 saturated carbocycles. The quantitative estimate of drug-likeness (QED) is 0.635. The number of hydrogen-bond acceptors (Lipinski definition) is 1. The van der Waals surface area contributed by atoms with E-state index in [-0.39, 0.29) is 0 Å². The lowest BCUT2D eigenvalue weighted by atomic mass is 9.86. The fourth-order valence-electron chi connectivity index (χ4n) is 4.77. The van der Waals surface area contributed by atoms with Crippen LogP contribution < -0.4 is 0 Å². The van der Waals surface area contributed by atoms with Gasteiger partial charge in [0.15, 0.2) is 0 Å². The van der Waals surface area contributed by atoms with Crippen LogP contribution in [-0.4, -0.2) is 23.4 Å². The van der Waals surface area contributed by atoms with E-state index < -0.39 is 0 Å². The molecule has 4 rings (SSSR count). The summed E-state index contributed by atoms with van der Waals surface area (Å²) in [6, 6.07) is 0.584. The van der Waals surface area contributed by atoms with Crippen LogP contribution in [0.3, 0.4) is 0 Å². The number of amides is 1. The van der Waals surface area contributed by atoms with Gasteiger partial charge in [-0.1, -0.05) is 31.4 Å². The van der Waals surface area contributed by atoms with Crippen LogP contribution in [0.5, 0.6) is 0 Å². The van der Waals surface area contributed by atoms with Gasteiger partial charge in [0.25, 0.3) is 0 Å². The number of hydrogen-bond donors (Lipinski definition) is 0. The summed E-state index contributed by atoms with van der Waals surface area (Å²) in [4.78, 5) is 14.8. The molecule has 2 nitrogen and oxygen atoms in total. The van der Waals surface area contributed by atoms with E-state index in [1.165, 1.54) is 38.5 Å². The lowest BCUT2D eigenvalue weighted by molar-refractivity contribution is -0.134. The van der Waals surface area contributed by atoms with Crippen LogP contribution >= 0.6 is 0 Å². The zero-order valence-corrected chi connectivity index (χ0v) is 10.3. The van der Waals surface area contributed by atoms with Crippen molar-refractivity contribution in [1.29, 1.82) is 0 Å². The van der Waals surface area contributed by atoms with Crippen molar-refractivity contribution in [3.8, 4) is 0 Å². The average Bonchev–Trinajstić information content (AvgIpc) is 3.03. The summed E-state index contributed by atoms with van der Waals surface area (Å²) in [5, 5.41) is 0. The van der Waals surface area contributed by atoms with Gasteiger partial charge in [-0.05, 0) is 37.0 Å². The number of allylic oxidation sites excluding steroid dienone is 2. The third-order valence-corrected chi connectivity index (χ3v) is 5.61. The number of fused-ring (bicyclic) bond motifs is 5. The summed E-state index contributed by atoms with van der Waals surface area (Å²) in [5.74, 6) is 2.85. The summed E-state index contributed by atoms with van der Waals surface area (Å²) in [6.07, 6.45) is 12.5. The highest BCUT2D eigenvalue weighted by Gasteiger charge is 2.55. The number of carbonyl (C=O) groups excluding carboxylic acids is 1. The van der Waals surface area contributed by atoms with Gasteiger partial charge >= 0.3 is 0 Å². The molecule has 0 aromatic rings. The van der Waals surface area contributed by atoms with Crippen molar-refractivity contribution in [3.05, 3.63) is 12.2 Å². The molecular formula is C15H21NO. The van der Waals surface area contributed by atoms with E-state index in [0.717, 1.165) is 12.5 Å². The summed E-state index contributed by atoms with van der Waals surface area (Å²) >= 11 is 0. The van der Waals surface area contributed by atoms with Crippen LogP contribution in [0.15, 0.2) is 12.2 Å². The summed E-state index contributed by atoms with van der Waals surface area (Å²) in [5.41, 5.74) is 0. The zero-order chi connectivity index (χ0) is 11.4. The Bertz CT molecular complexity index is 369. The highest BCUT2D eigenvalue weighted by Crippen LogP contribution is 2.52.